The first-order valence-corrected chi connectivity index (χ1v) is 8.78. The Morgan fingerprint density at radius 2 is 2.00 bits per heavy atom. The molecule has 2 aromatic rings. The van der Waals surface area contributed by atoms with Crippen LogP contribution in [0.3, 0.4) is 0 Å². The van der Waals surface area contributed by atoms with Gasteiger partial charge in [-0.25, -0.2) is 4.39 Å². The van der Waals surface area contributed by atoms with Crippen LogP contribution in [-0.2, 0) is 4.79 Å². The van der Waals surface area contributed by atoms with Crippen molar-refractivity contribution < 1.29 is 13.9 Å². The third-order valence-corrected chi connectivity index (χ3v) is 4.78. The van der Waals surface area contributed by atoms with Gasteiger partial charge in [-0.05, 0) is 48.9 Å². The van der Waals surface area contributed by atoms with Gasteiger partial charge in [-0.3, -0.25) is 4.79 Å². The molecule has 23 heavy (non-hydrogen) atoms. The van der Waals surface area contributed by atoms with E-state index in [0.29, 0.717) is 11.3 Å². The number of halogens is 2. The van der Waals surface area contributed by atoms with Crippen LogP contribution in [0.5, 0.6) is 5.75 Å². The van der Waals surface area contributed by atoms with Crippen molar-refractivity contribution in [2.75, 3.05) is 12.9 Å². The average molecular weight is 398 g/mol. The number of rotatable bonds is 6. The van der Waals surface area contributed by atoms with E-state index < -0.39 is 5.82 Å². The van der Waals surface area contributed by atoms with Gasteiger partial charge < -0.3 is 10.1 Å². The van der Waals surface area contributed by atoms with Crippen LogP contribution >= 0.6 is 27.7 Å². The number of carbonyl (C=O) groups excluding carboxylic acids is 1. The van der Waals surface area contributed by atoms with Crippen molar-refractivity contribution in [2.45, 2.75) is 17.9 Å². The smallest absolute Gasteiger partial charge is 0.230 e. The zero-order valence-electron chi connectivity index (χ0n) is 12.8. The van der Waals surface area contributed by atoms with E-state index in [1.165, 1.54) is 24.9 Å². The van der Waals surface area contributed by atoms with Gasteiger partial charge in [0.25, 0.3) is 0 Å². The lowest BCUT2D eigenvalue weighted by molar-refractivity contribution is -0.119. The number of carbonyl (C=O) groups is 1. The second-order valence-electron chi connectivity index (χ2n) is 4.93. The first kappa shape index (κ1) is 17.8. The Bertz CT molecular complexity index is 679. The summed E-state index contributed by atoms with van der Waals surface area (Å²) in [6.07, 6.45) is 0. The van der Waals surface area contributed by atoms with Gasteiger partial charge in [-0.15, -0.1) is 11.8 Å². The fraction of sp³-hybridized carbons (Fsp3) is 0.235. The SMILES string of the molecule is COc1ccc([C@H](C)NC(=O)CSc2ccc(Br)cc2)cc1F. The Labute approximate surface area is 147 Å². The standard InChI is InChI=1S/C17H17BrFNO2S/c1-11(12-3-8-16(22-2)15(19)9-12)20-17(21)10-23-14-6-4-13(18)5-7-14/h3-9,11H,10H2,1-2H3,(H,20,21)/t11-/m0/s1. The van der Waals surface area contributed by atoms with Crippen molar-refractivity contribution >= 4 is 33.6 Å². The highest BCUT2D eigenvalue weighted by molar-refractivity contribution is 9.10. The summed E-state index contributed by atoms with van der Waals surface area (Å²) in [5.41, 5.74) is 0.699. The number of benzene rings is 2. The van der Waals surface area contributed by atoms with Crippen LogP contribution < -0.4 is 10.1 Å². The molecule has 3 nitrogen and oxygen atoms in total. The largest absolute Gasteiger partial charge is 0.494 e. The Morgan fingerprint density at radius 1 is 1.30 bits per heavy atom. The molecule has 2 aromatic carbocycles. The lowest BCUT2D eigenvalue weighted by Gasteiger charge is -2.15. The maximum Gasteiger partial charge on any atom is 0.230 e. The zero-order valence-corrected chi connectivity index (χ0v) is 15.2. The van der Waals surface area contributed by atoms with Gasteiger partial charge in [0.2, 0.25) is 5.91 Å². The Balaban J connectivity index is 1.89. The first-order chi connectivity index (χ1) is 11.0. The fourth-order valence-electron chi connectivity index (χ4n) is 2.00. The van der Waals surface area contributed by atoms with Gasteiger partial charge in [0.15, 0.2) is 11.6 Å². The minimum absolute atomic E-state index is 0.0957. The van der Waals surface area contributed by atoms with Crippen LogP contribution in [-0.4, -0.2) is 18.8 Å². The van der Waals surface area contributed by atoms with Crippen molar-refractivity contribution in [3.05, 3.63) is 58.3 Å². The Hall–Kier alpha value is -1.53. The van der Waals surface area contributed by atoms with Crippen molar-refractivity contribution in [1.82, 2.24) is 5.32 Å². The number of ether oxygens (including phenoxy) is 1. The molecule has 0 unspecified atom stereocenters. The van der Waals surface area contributed by atoms with Gasteiger partial charge in [-0.1, -0.05) is 22.0 Å². The monoisotopic (exact) mass is 397 g/mol. The molecule has 0 bridgehead atoms. The van der Waals surface area contributed by atoms with Crippen molar-refractivity contribution in [2.24, 2.45) is 0 Å². The minimum Gasteiger partial charge on any atom is -0.494 e. The van der Waals surface area contributed by atoms with Crippen molar-refractivity contribution in [1.29, 1.82) is 0 Å². The summed E-state index contributed by atoms with van der Waals surface area (Å²) in [6.45, 7) is 1.82. The summed E-state index contributed by atoms with van der Waals surface area (Å²) in [5, 5.41) is 2.87. The van der Waals surface area contributed by atoms with Crippen LogP contribution in [0.1, 0.15) is 18.5 Å². The van der Waals surface area contributed by atoms with Gasteiger partial charge in [-0.2, -0.15) is 0 Å². The number of hydrogen-bond acceptors (Lipinski definition) is 3. The van der Waals surface area contributed by atoms with E-state index in [-0.39, 0.29) is 17.7 Å². The molecule has 0 aromatic heterocycles. The lowest BCUT2D eigenvalue weighted by Crippen LogP contribution is -2.28. The molecule has 1 atom stereocenters. The molecule has 0 saturated carbocycles. The molecule has 0 heterocycles. The molecular formula is C17H17BrFNO2S. The normalized spacial score (nSPS) is 11.8. The number of hydrogen-bond donors (Lipinski definition) is 1. The van der Waals surface area contributed by atoms with E-state index >= 15 is 0 Å². The molecule has 0 radical (unpaired) electrons. The molecule has 0 aliphatic heterocycles. The van der Waals surface area contributed by atoms with Crippen LogP contribution in [0.4, 0.5) is 4.39 Å². The second kappa shape index (κ2) is 8.36. The lowest BCUT2D eigenvalue weighted by atomic mass is 10.1. The summed E-state index contributed by atoms with van der Waals surface area (Å²) in [5.74, 6) is -0.0278. The van der Waals surface area contributed by atoms with Crippen molar-refractivity contribution in [3.8, 4) is 5.75 Å². The molecule has 0 spiro atoms. The van der Waals surface area contributed by atoms with E-state index in [1.54, 1.807) is 12.1 Å². The minimum atomic E-state index is -0.435. The summed E-state index contributed by atoms with van der Waals surface area (Å²) in [7, 11) is 1.42. The molecule has 122 valence electrons. The number of methoxy groups -OCH3 is 1. The molecule has 0 aliphatic carbocycles. The molecule has 6 heteroatoms. The molecule has 0 aliphatic rings. The van der Waals surface area contributed by atoms with Crippen LogP contribution in [0.15, 0.2) is 51.8 Å². The maximum atomic E-state index is 13.7. The number of nitrogens with one attached hydrogen (secondary N) is 1. The highest BCUT2D eigenvalue weighted by Crippen LogP contribution is 2.23. The highest BCUT2D eigenvalue weighted by atomic mass is 79.9. The predicted molar refractivity (Wildman–Crippen MR) is 94.4 cm³/mol. The van der Waals surface area contributed by atoms with Crippen LogP contribution in [0.25, 0.3) is 0 Å². The molecule has 1 N–H and O–H groups in total. The van der Waals surface area contributed by atoms with E-state index in [9.17, 15) is 9.18 Å². The third kappa shape index (κ3) is 5.25. The Kier molecular flexibility index (Phi) is 6.47. The van der Waals surface area contributed by atoms with Gasteiger partial charge in [0, 0.05) is 9.37 Å². The third-order valence-electron chi connectivity index (χ3n) is 3.24. The second-order valence-corrected chi connectivity index (χ2v) is 6.89. The topological polar surface area (TPSA) is 38.3 Å². The summed E-state index contributed by atoms with van der Waals surface area (Å²) in [6, 6.07) is 12.2. The number of thioether (sulfide) groups is 1. The predicted octanol–water partition coefficient (Wildman–Crippen LogP) is 4.57. The maximum absolute atomic E-state index is 13.7. The Morgan fingerprint density at radius 3 is 2.61 bits per heavy atom. The van der Waals surface area contributed by atoms with Crippen LogP contribution in [0.2, 0.25) is 0 Å². The summed E-state index contributed by atoms with van der Waals surface area (Å²) >= 11 is 4.83. The van der Waals surface area contributed by atoms with Crippen molar-refractivity contribution in [3.63, 3.8) is 0 Å². The van der Waals surface area contributed by atoms with Gasteiger partial charge in [0.05, 0.1) is 18.9 Å². The quantitative estimate of drug-likeness (QED) is 0.725. The van der Waals surface area contributed by atoms with E-state index in [0.717, 1.165) is 9.37 Å². The molecular weight excluding hydrogens is 381 g/mol. The summed E-state index contributed by atoms with van der Waals surface area (Å²) < 4.78 is 19.6. The highest BCUT2D eigenvalue weighted by Gasteiger charge is 2.12. The van der Waals surface area contributed by atoms with E-state index in [1.807, 2.05) is 31.2 Å². The van der Waals surface area contributed by atoms with Gasteiger partial charge in [0.1, 0.15) is 0 Å². The van der Waals surface area contributed by atoms with Gasteiger partial charge >= 0.3 is 0 Å². The molecule has 2 rings (SSSR count). The summed E-state index contributed by atoms with van der Waals surface area (Å²) in [4.78, 5) is 13.0. The fourth-order valence-corrected chi connectivity index (χ4v) is 2.97. The molecule has 0 fully saturated rings. The average Bonchev–Trinajstić information content (AvgIpc) is 2.54. The molecule has 1 amide bonds. The molecule has 0 saturated heterocycles. The zero-order chi connectivity index (χ0) is 16.8. The van der Waals surface area contributed by atoms with E-state index in [4.69, 9.17) is 4.74 Å². The first-order valence-electron chi connectivity index (χ1n) is 7.00. The van der Waals surface area contributed by atoms with E-state index in [2.05, 4.69) is 21.2 Å². The van der Waals surface area contributed by atoms with Crippen LogP contribution in [0, 0.1) is 5.82 Å². The number of amides is 1.